The van der Waals surface area contributed by atoms with E-state index in [-0.39, 0.29) is 18.2 Å². The topological polar surface area (TPSA) is 86.8 Å². The van der Waals surface area contributed by atoms with E-state index in [9.17, 15) is 18.0 Å². The van der Waals surface area contributed by atoms with Crippen LogP contribution in [0.4, 0.5) is 5.69 Å². The molecule has 8 heteroatoms. The van der Waals surface area contributed by atoms with Crippen molar-refractivity contribution < 1.29 is 18.0 Å². The maximum absolute atomic E-state index is 12.9. The summed E-state index contributed by atoms with van der Waals surface area (Å²) in [6.07, 6.45) is 1.20. The van der Waals surface area contributed by atoms with Gasteiger partial charge in [0.25, 0.3) is 10.2 Å². The summed E-state index contributed by atoms with van der Waals surface area (Å²) in [5.41, 5.74) is 1.37. The molecule has 2 aromatic carbocycles. The summed E-state index contributed by atoms with van der Waals surface area (Å²) in [5, 5.41) is 2.84. The van der Waals surface area contributed by atoms with E-state index in [0.717, 1.165) is 4.31 Å². The second kappa shape index (κ2) is 8.86. The van der Waals surface area contributed by atoms with Gasteiger partial charge in [0.1, 0.15) is 0 Å². The molecular weight excluding hydrogens is 390 g/mol. The van der Waals surface area contributed by atoms with Crippen LogP contribution in [0.25, 0.3) is 0 Å². The van der Waals surface area contributed by atoms with Crippen LogP contribution in [0.15, 0.2) is 54.6 Å². The molecule has 1 atom stereocenters. The van der Waals surface area contributed by atoms with Crippen LogP contribution in [0, 0.1) is 5.92 Å². The third kappa shape index (κ3) is 4.72. The first-order valence-electron chi connectivity index (χ1n) is 9.48. The van der Waals surface area contributed by atoms with Gasteiger partial charge < -0.3 is 5.32 Å². The van der Waals surface area contributed by atoms with Crippen LogP contribution in [0.2, 0.25) is 0 Å². The highest BCUT2D eigenvalue weighted by Gasteiger charge is 2.33. The van der Waals surface area contributed by atoms with Crippen molar-refractivity contribution in [3.05, 3.63) is 65.7 Å². The van der Waals surface area contributed by atoms with E-state index in [1.807, 2.05) is 6.07 Å². The zero-order chi connectivity index (χ0) is 21.0. The first-order valence-corrected chi connectivity index (χ1v) is 10.9. The molecule has 0 bridgehead atoms. The van der Waals surface area contributed by atoms with E-state index in [4.69, 9.17) is 0 Å². The largest absolute Gasteiger partial charge is 0.325 e. The van der Waals surface area contributed by atoms with E-state index in [2.05, 4.69) is 5.32 Å². The van der Waals surface area contributed by atoms with Crippen molar-refractivity contribution in [3.8, 4) is 0 Å². The Kier molecular flexibility index (Phi) is 6.46. The number of hydrogen-bond acceptors (Lipinski definition) is 4. The molecule has 1 aliphatic heterocycles. The molecule has 0 aromatic heterocycles. The predicted octanol–water partition coefficient (Wildman–Crippen LogP) is 2.37. The van der Waals surface area contributed by atoms with E-state index in [1.165, 1.54) is 18.4 Å². The molecule has 7 nitrogen and oxygen atoms in total. The Balaban J connectivity index is 1.77. The molecule has 1 amide bonds. The molecule has 0 aliphatic carbocycles. The van der Waals surface area contributed by atoms with Crippen molar-refractivity contribution in [1.82, 2.24) is 8.61 Å². The number of carbonyl (C=O) groups excluding carboxylic acids is 2. The molecule has 0 spiro atoms. The van der Waals surface area contributed by atoms with Gasteiger partial charge in [0.2, 0.25) is 5.91 Å². The lowest BCUT2D eigenvalue weighted by Crippen LogP contribution is -2.47. The van der Waals surface area contributed by atoms with Gasteiger partial charge in [-0.1, -0.05) is 42.5 Å². The van der Waals surface area contributed by atoms with E-state index >= 15 is 0 Å². The van der Waals surface area contributed by atoms with Gasteiger partial charge in [-0.15, -0.1) is 0 Å². The van der Waals surface area contributed by atoms with Gasteiger partial charge in [-0.25, -0.2) is 0 Å². The highest BCUT2D eigenvalue weighted by molar-refractivity contribution is 7.86. The maximum Gasteiger partial charge on any atom is 0.281 e. The van der Waals surface area contributed by atoms with Crippen LogP contribution in [-0.2, 0) is 15.0 Å². The van der Waals surface area contributed by atoms with Gasteiger partial charge in [-0.05, 0) is 25.0 Å². The van der Waals surface area contributed by atoms with E-state index in [0.29, 0.717) is 36.2 Å². The lowest BCUT2D eigenvalue weighted by Gasteiger charge is -2.32. The Morgan fingerprint density at radius 3 is 2.38 bits per heavy atom. The van der Waals surface area contributed by atoms with Crippen molar-refractivity contribution >= 4 is 27.6 Å². The predicted molar refractivity (Wildman–Crippen MR) is 112 cm³/mol. The average molecular weight is 416 g/mol. The zero-order valence-electron chi connectivity index (χ0n) is 16.5. The summed E-state index contributed by atoms with van der Waals surface area (Å²) >= 11 is 0. The Labute approximate surface area is 171 Å². The Hall–Kier alpha value is -2.55. The fourth-order valence-electron chi connectivity index (χ4n) is 3.37. The monoisotopic (exact) mass is 415 g/mol. The smallest absolute Gasteiger partial charge is 0.281 e. The quantitative estimate of drug-likeness (QED) is 0.734. The summed E-state index contributed by atoms with van der Waals surface area (Å²) in [5.74, 6) is -0.933. The molecule has 3 rings (SSSR count). The molecule has 29 heavy (non-hydrogen) atoms. The number of nitrogens with one attached hydrogen (secondary N) is 1. The van der Waals surface area contributed by atoms with Gasteiger partial charge in [0.05, 0.1) is 11.6 Å². The van der Waals surface area contributed by atoms with E-state index < -0.39 is 16.1 Å². The fourth-order valence-corrected chi connectivity index (χ4v) is 4.56. The van der Waals surface area contributed by atoms with Gasteiger partial charge in [-0.3, -0.25) is 9.59 Å². The molecule has 0 saturated carbocycles. The molecule has 1 N–H and O–H groups in total. The summed E-state index contributed by atoms with van der Waals surface area (Å²) < 4.78 is 27.3. The highest BCUT2D eigenvalue weighted by atomic mass is 32.2. The first kappa shape index (κ1) is 21.2. The number of anilines is 1. The van der Waals surface area contributed by atoms with Gasteiger partial charge >= 0.3 is 0 Å². The van der Waals surface area contributed by atoms with Crippen LogP contribution in [0.3, 0.4) is 0 Å². The summed E-state index contributed by atoms with van der Waals surface area (Å²) in [7, 11) is -0.611. The normalized spacial score (nSPS) is 17.8. The molecule has 1 saturated heterocycles. The van der Waals surface area contributed by atoms with Crippen LogP contribution < -0.4 is 5.32 Å². The molecule has 2 aromatic rings. The number of piperidine rings is 1. The van der Waals surface area contributed by atoms with E-state index in [1.54, 1.807) is 48.5 Å². The van der Waals surface area contributed by atoms with Crippen LogP contribution in [-0.4, -0.2) is 55.9 Å². The third-order valence-electron chi connectivity index (χ3n) is 5.01. The SMILES string of the molecule is CN(C)S(=O)(=O)N1CCC[C@H](C(=O)Nc2ccccc2C(=O)c2ccccc2)C1. The molecule has 1 fully saturated rings. The maximum atomic E-state index is 12.9. The number of para-hydroxylation sites is 1. The summed E-state index contributed by atoms with van der Waals surface area (Å²) in [6.45, 7) is 0.522. The molecular formula is C21H25N3O4S. The average Bonchev–Trinajstić information content (AvgIpc) is 2.74. The van der Waals surface area contributed by atoms with Crippen molar-refractivity contribution in [2.24, 2.45) is 5.92 Å². The third-order valence-corrected chi connectivity index (χ3v) is 6.92. The van der Waals surface area contributed by atoms with Gasteiger partial charge in [-0.2, -0.15) is 17.0 Å². The minimum absolute atomic E-state index is 0.126. The lowest BCUT2D eigenvalue weighted by molar-refractivity contribution is -0.120. The van der Waals surface area contributed by atoms with Crippen molar-refractivity contribution in [2.75, 3.05) is 32.5 Å². The van der Waals surface area contributed by atoms with Crippen molar-refractivity contribution in [1.29, 1.82) is 0 Å². The van der Waals surface area contributed by atoms with Crippen LogP contribution >= 0.6 is 0 Å². The Morgan fingerprint density at radius 2 is 1.69 bits per heavy atom. The van der Waals surface area contributed by atoms with Gasteiger partial charge in [0.15, 0.2) is 5.78 Å². The lowest BCUT2D eigenvalue weighted by atomic mass is 9.97. The Morgan fingerprint density at radius 1 is 1.03 bits per heavy atom. The molecule has 1 heterocycles. The van der Waals surface area contributed by atoms with Crippen molar-refractivity contribution in [3.63, 3.8) is 0 Å². The Bertz CT molecular complexity index is 990. The summed E-state index contributed by atoms with van der Waals surface area (Å²) in [4.78, 5) is 25.7. The number of carbonyl (C=O) groups is 2. The fraction of sp³-hybridized carbons (Fsp3) is 0.333. The second-order valence-corrected chi connectivity index (χ2v) is 9.36. The molecule has 0 unspecified atom stereocenters. The molecule has 0 radical (unpaired) electrons. The molecule has 154 valence electrons. The first-order chi connectivity index (χ1) is 13.8. The van der Waals surface area contributed by atoms with Gasteiger partial charge in [0, 0.05) is 38.3 Å². The number of nitrogens with zero attached hydrogens (tertiary/aromatic N) is 2. The van der Waals surface area contributed by atoms with Crippen LogP contribution in [0.5, 0.6) is 0 Å². The standard InChI is InChI=1S/C21H25N3O4S/c1-23(2)29(27,28)24-14-8-11-17(15-24)21(26)22-19-13-7-6-12-18(19)20(25)16-9-4-3-5-10-16/h3-7,9-10,12-13,17H,8,11,14-15H2,1-2H3,(H,22,26)/t17-/m0/s1. The number of benzene rings is 2. The zero-order valence-corrected chi connectivity index (χ0v) is 17.4. The van der Waals surface area contributed by atoms with Crippen molar-refractivity contribution in [2.45, 2.75) is 12.8 Å². The second-order valence-electron chi connectivity index (χ2n) is 7.22. The number of ketones is 1. The van der Waals surface area contributed by atoms with Crippen LogP contribution in [0.1, 0.15) is 28.8 Å². The number of hydrogen-bond donors (Lipinski definition) is 1. The number of rotatable bonds is 6. The minimum Gasteiger partial charge on any atom is -0.325 e. The molecule has 1 aliphatic rings. The minimum atomic E-state index is -3.56. The highest BCUT2D eigenvalue weighted by Crippen LogP contribution is 2.24. The number of amides is 1. The summed E-state index contributed by atoms with van der Waals surface area (Å²) in [6, 6.07) is 15.7.